The molecule has 1 aromatic carbocycles. The number of benzene rings is 1. The third-order valence-corrected chi connectivity index (χ3v) is 3.42. The average molecular weight is 300 g/mol. The van der Waals surface area contributed by atoms with Gasteiger partial charge in [0, 0.05) is 18.9 Å². The van der Waals surface area contributed by atoms with Crippen LogP contribution in [-0.4, -0.2) is 21.5 Å². The molecule has 1 amide bonds. The van der Waals surface area contributed by atoms with Gasteiger partial charge in [0.15, 0.2) is 0 Å². The van der Waals surface area contributed by atoms with Crippen molar-refractivity contribution in [3.8, 4) is 0 Å². The Morgan fingerprint density at radius 2 is 2.05 bits per heavy atom. The molecule has 2 rings (SSSR count). The van der Waals surface area contributed by atoms with Gasteiger partial charge in [0.25, 0.3) is 0 Å². The molecule has 5 heteroatoms. The summed E-state index contributed by atoms with van der Waals surface area (Å²) in [6.45, 7) is 5.60. The monoisotopic (exact) mass is 300 g/mol. The number of imidazole rings is 1. The maximum Gasteiger partial charge on any atom is 0.237 e. The van der Waals surface area contributed by atoms with Crippen molar-refractivity contribution in [3.63, 3.8) is 0 Å². The molecule has 0 aliphatic carbocycles. The van der Waals surface area contributed by atoms with Crippen molar-refractivity contribution in [2.75, 3.05) is 0 Å². The molecule has 0 saturated carbocycles. The second-order valence-electron chi connectivity index (χ2n) is 5.90. The van der Waals surface area contributed by atoms with Crippen LogP contribution in [0.1, 0.15) is 25.2 Å². The largest absolute Gasteiger partial charge is 0.348 e. The van der Waals surface area contributed by atoms with Crippen LogP contribution in [0.4, 0.5) is 0 Å². The summed E-state index contributed by atoms with van der Waals surface area (Å²) in [6.07, 6.45) is 4.23. The van der Waals surface area contributed by atoms with E-state index in [1.54, 1.807) is 6.20 Å². The average Bonchev–Trinajstić information content (AvgIpc) is 2.92. The quantitative estimate of drug-likeness (QED) is 0.818. The Morgan fingerprint density at radius 1 is 1.32 bits per heavy atom. The molecule has 1 aromatic heterocycles. The third-order valence-electron chi connectivity index (χ3n) is 3.42. The van der Waals surface area contributed by atoms with E-state index in [1.165, 1.54) is 0 Å². The SMILES string of the molecule is CC(C)Cn1ccnc1CNC(=O)C(N)Cc1ccccc1. The van der Waals surface area contributed by atoms with Gasteiger partial charge in [-0.1, -0.05) is 44.2 Å². The number of rotatable bonds is 7. The van der Waals surface area contributed by atoms with Gasteiger partial charge in [-0.25, -0.2) is 4.98 Å². The van der Waals surface area contributed by atoms with Crippen LogP contribution in [0.15, 0.2) is 42.7 Å². The number of carbonyl (C=O) groups excluding carboxylic acids is 1. The minimum absolute atomic E-state index is 0.150. The second-order valence-corrected chi connectivity index (χ2v) is 5.90. The van der Waals surface area contributed by atoms with Crippen LogP contribution >= 0.6 is 0 Å². The highest BCUT2D eigenvalue weighted by molar-refractivity contribution is 5.81. The number of carbonyl (C=O) groups is 1. The predicted molar refractivity (Wildman–Crippen MR) is 87.0 cm³/mol. The molecular weight excluding hydrogens is 276 g/mol. The van der Waals surface area contributed by atoms with E-state index < -0.39 is 6.04 Å². The summed E-state index contributed by atoms with van der Waals surface area (Å²) in [5.74, 6) is 1.24. The minimum Gasteiger partial charge on any atom is -0.348 e. The van der Waals surface area contributed by atoms with Gasteiger partial charge in [-0.2, -0.15) is 0 Å². The van der Waals surface area contributed by atoms with Crippen LogP contribution in [0.3, 0.4) is 0 Å². The summed E-state index contributed by atoms with van der Waals surface area (Å²) < 4.78 is 2.06. The van der Waals surface area contributed by atoms with Crippen LogP contribution in [0.2, 0.25) is 0 Å². The standard InChI is InChI=1S/C17H24N4O/c1-13(2)12-21-9-8-19-16(21)11-20-17(22)15(18)10-14-6-4-3-5-7-14/h3-9,13,15H,10-12,18H2,1-2H3,(H,20,22). The lowest BCUT2D eigenvalue weighted by atomic mass is 10.1. The first-order valence-electron chi connectivity index (χ1n) is 7.63. The van der Waals surface area contributed by atoms with Gasteiger partial charge in [-0.15, -0.1) is 0 Å². The van der Waals surface area contributed by atoms with Crippen LogP contribution in [0, 0.1) is 5.92 Å². The molecule has 2 aromatic rings. The molecular formula is C17H24N4O. The highest BCUT2D eigenvalue weighted by Gasteiger charge is 2.14. The van der Waals surface area contributed by atoms with Gasteiger partial charge >= 0.3 is 0 Å². The summed E-state index contributed by atoms with van der Waals surface area (Å²) in [4.78, 5) is 16.4. The molecule has 1 heterocycles. The molecule has 0 aliphatic rings. The molecule has 0 saturated heterocycles. The predicted octanol–water partition coefficient (Wildman–Crippen LogP) is 1.73. The Kier molecular flexibility index (Phi) is 5.72. The fourth-order valence-corrected chi connectivity index (χ4v) is 2.32. The van der Waals surface area contributed by atoms with Crippen molar-refractivity contribution in [1.29, 1.82) is 0 Å². The Bertz CT molecular complexity index is 592. The maximum absolute atomic E-state index is 12.1. The lowest BCUT2D eigenvalue weighted by molar-refractivity contribution is -0.122. The summed E-state index contributed by atoms with van der Waals surface area (Å²) in [7, 11) is 0. The van der Waals surface area contributed by atoms with Crippen molar-refractivity contribution in [2.45, 2.75) is 39.4 Å². The zero-order chi connectivity index (χ0) is 15.9. The van der Waals surface area contributed by atoms with Gasteiger partial charge in [0.05, 0.1) is 12.6 Å². The number of nitrogens with one attached hydrogen (secondary N) is 1. The van der Waals surface area contributed by atoms with Crippen molar-refractivity contribution >= 4 is 5.91 Å². The van der Waals surface area contributed by atoms with E-state index in [-0.39, 0.29) is 5.91 Å². The van der Waals surface area contributed by atoms with Crippen LogP contribution < -0.4 is 11.1 Å². The lowest BCUT2D eigenvalue weighted by Crippen LogP contribution is -2.42. The van der Waals surface area contributed by atoms with Crippen molar-refractivity contribution in [3.05, 3.63) is 54.1 Å². The number of amides is 1. The van der Waals surface area contributed by atoms with Crippen molar-refractivity contribution in [1.82, 2.24) is 14.9 Å². The highest BCUT2D eigenvalue weighted by atomic mass is 16.2. The van der Waals surface area contributed by atoms with Gasteiger partial charge in [0.2, 0.25) is 5.91 Å². The topological polar surface area (TPSA) is 72.9 Å². The molecule has 0 fully saturated rings. The summed E-state index contributed by atoms with van der Waals surface area (Å²) in [5.41, 5.74) is 7.03. The summed E-state index contributed by atoms with van der Waals surface area (Å²) in [5, 5.41) is 2.87. The number of hydrogen-bond donors (Lipinski definition) is 2. The number of hydrogen-bond acceptors (Lipinski definition) is 3. The molecule has 118 valence electrons. The van der Waals surface area contributed by atoms with E-state index in [2.05, 4.69) is 28.7 Å². The number of aromatic nitrogens is 2. The minimum atomic E-state index is -0.545. The van der Waals surface area contributed by atoms with E-state index in [0.29, 0.717) is 18.9 Å². The van der Waals surface area contributed by atoms with Gasteiger partial charge in [-0.05, 0) is 17.9 Å². The first-order valence-corrected chi connectivity index (χ1v) is 7.63. The van der Waals surface area contributed by atoms with Crippen molar-refractivity contribution < 1.29 is 4.79 Å². The lowest BCUT2D eigenvalue weighted by Gasteiger charge is -2.14. The Labute approximate surface area is 131 Å². The summed E-state index contributed by atoms with van der Waals surface area (Å²) >= 11 is 0. The second kappa shape index (κ2) is 7.75. The van der Waals surface area contributed by atoms with Crippen LogP contribution in [0.5, 0.6) is 0 Å². The Balaban J connectivity index is 1.86. The van der Waals surface area contributed by atoms with Crippen LogP contribution in [-0.2, 0) is 24.3 Å². The van der Waals surface area contributed by atoms with E-state index in [0.717, 1.165) is 17.9 Å². The van der Waals surface area contributed by atoms with E-state index >= 15 is 0 Å². The molecule has 5 nitrogen and oxygen atoms in total. The number of nitrogens with zero attached hydrogens (tertiary/aromatic N) is 2. The van der Waals surface area contributed by atoms with Gasteiger partial charge < -0.3 is 15.6 Å². The van der Waals surface area contributed by atoms with Crippen molar-refractivity contribution in [2.24, 2.45) is 11.7 Å². The molecule has 1 unspecified atom stereocenters. The fourth-order valence-electron chi connectivity index (χ4n) is 2.32. The third kappa shape index (κ3) is 4.70. The van der Waals surface area contributed by atoms with Crippen LogP contribution in [0.25, 0.3) is 0 Å². The Morgan fingerprint density at radius 3 is 2.73 bits per heavy atom. The molecule has 0 bridgehead atoms. The van der Waals surface area contributed by atoms with Gasteiger partial charge in [-0.3, -0.25) is 4.79 Å². The van der Waals surface area contributed by atoms with E-state index in [1.807, 2.05) is 36.5 Å². The van der Waals surface area contributed by atoms with E-state index in [9.17, 15) is 4.79 Å². The number of nitrogens with two attached hydrogens (primary N) is 1. The molecule has 0 aliphatic heterocycles. The molecule has 3 N–H and O–H groups in total. The fraction of sp³-hybridized carbons (Fsp3) is 0.412. The molecule has 0 spiro atoms. The molecule has 22 heavy (non-hydrogen) atoms. The smallest absolute Gasteiger partial charge is 0.237 e. The van der Waals surface area contributed by atoms with Gasteiger partial charge in [0.1, 0.15) is 5.82 Å². The zero-order valence-electron chi connectivity index (χ0n) is 13.2. The zero-order valence-corrected chi connectivity index (χ0v) is 13.2. The highest BCUT2D eigenvalue weighted by Crippen LogP contribution is 2.05. The molecule has 1 atom stereocenters. The molecule has 0 radical (unpaired) electrons. The Hall–Kier alpha value is -2.14. The van der Waals surface area contributed by atoms with E-state index in [4.69, 9.17) is 5.73 Å². The summed E-state index contributed by atoms with van der Waals surface area (Å²) in [6, 6.07) is 9.25. The normalized spacial score (nSPS) is 12.4. The first kappa shape index (κ1) is 16.2. The maximum atomic E-state index is 12.1. The first-order chi connectivity index (χ1) is 10.6.